The van der Waals surface area contributed by atoms with Crippen LogP contribution in [0.15, 0.2) is 63.5 Å². The number of ether oxygens (including phenoxy) is 2. The number of benzene rings is 3. The molecule has 0 heterocycles. The molecule has 0 spiro atoms. The fraction of sp³-hybridized carbons (Fsp3) is 0.357. The summed E-state index contributed by atoms with van der Waals surface area (Å²) in [6.45, 7) is 0. The number of halogens is 2. The highest BCUT2D eigenvalue weighted by Gasteiger charge is 2.49. The summed E-state index contributed by atoms with van der Waals surface area (Å²) in [5.41, 5.74) is 15.0. The molecule has 0 saturated heterocycles. The van der Waals surface area contributed by atoms with Crippen molar-refractivity contribution < 1.29 is 9.47 Å². The van der Waals surface area contributed by atoms with Crippen molar-refractivity contribution in [2.45, 2.75) is 38.0 Å². The fourth-order valence-corrected chi connectivity index (χ4v) is 7.60. The Morgan fingerprint density at radius 3 is 1.74 bits per heavy atom. The van der Waals surface area contributed by atoms with Crippen LogP contribution in [0, 0.1) is 23.7 Å². The average Bonchev–Trinajstić information content (AvgIpc) is 2.78. The minimum atomic E-state index is 0.534. The van der Waals surface area contributed by atoms with Gasteiger partial charge in [-0.25, -0.2) is 0 Å². The molecular formula is C28H28Br2N2O2. The van der Waals surface area contributed by atoms with E-state index in [9.17, 15) is 0 Å². The normalized spacial score (nSPS) is 27.1. The number of anilines is 2. The van der Waals surface area contributed by atoms with Crippen LogP contribution in [0.1, 0.15) is 43.6 Å². The minimum Gasteiger partial charge on any atom is -0.455 e. The molecule has 0 amide bonds. The molecule has 0 aromatic heterocycles. The lowest BCUT2D eigenvalue weighted by molar-refractivity contribution is -0.00336. The van der Waals surface area contributed by atoms with Gasteiger partial charge in [-0.05, 0) is 110 Å². The molecule has 0 aliphatic heterocycles. The number of hydrogen-bond donors (Lipinski definition) is 2. The van der Waals surface area contributed by atoms with Gasteiger partial charge in [0.15, 0.2) is 0 Å². The summed E-state index contributed by atoms with van der Waals surface area (Å²) in [5.74, 6) is 6.69. The van der Waals surface area contributed by atoms with Crippen LogP contribution >= 0.6 is 31.9 Å². The molecule has 3 aromatic carbocycles. The van der Waals surface area contributed by atoms with E-state index in [2.05, 4.69) is 44.0 Å². The summed E-state index contributed by atoms with van der Waals surface area (Å²) in [4.78, 5) is 0. The molecule has 0 radical (unpaired) electrons. The van der Waals surface area contributed by atoms with Crippen LogP contribution in [0.3, 0.4) is 0 Å². The van der Waals surface area contributed by atoms with Gasteiger partial charge in [-0.2, -0.15) is 0 Å². The second-order valence-corrected chi connectivity index (χ2v) is 12.1. The Morgan fingerprint density at radius 2 is 1.18 bits per heavy atom. The maximum absolute atomic E-state index is 6.51. The van der Waals surface area contributed by atoms with Gasteiger partial charge >= 0.3 is 0 Å². The molecule has 6 heteroatoms. The molecule has 4 fully saturated rings. The topological polar surface area (TPSA) is 70.5 Å². The monoisotopic (exact) mass is 582 g/mol. The molecule has 4 aliphatic rings. The van der Waals surface area contributed by atoms with Crippen LogP contribution in [0.2, 0.25) is 0 Å². The lowest BCUT2D eigenvalue weighted by atomic mass is 9.50. The summed E-state index contributed by atoms with van der Waals surface area (Å²) >= 11 is 6.95. The summed E-state index contributed by atoms with van der Waals surface area (Å²) in [7, 11) is 0. The molecular weight excluding hydrogens is 556 g/mol. The van der Waals surface area contributed by atoms with Crippen LogP contribution in [-0.4, -0.2) is 0 Å². The summed E-state index contributed by atoms with van der Waals surface area (Å²) < 4.78 is 14.6. The van der Waals surface area contributed by atoms with Gasteiger partial charge in [0.05, 0.1) is 11.4 Å². The smallest absolute Gasteiger partial charge is 0.150 e. The van der Waals surface area contributed by atoms with Gasteiger partial charge in [-0.1, -0.05) is 37.9 Å². The second-order valence-electron chi connectivity index (χ2n) is 10.2. The van der Waals surface area contributed by atoms with Crippen LogP contribution in [0.4, 0.5) is 11.4 Å². The molecule has 4 saturated carbocycles. The molecule has 7 rings (SSSR count). The molecule has 176 valence electrons. The third kappa shape index (κ3) is 4.20. The third-order valence-corrected chi connectivity index (χ3v) is 8.95. The lowest BCUT2D eigenvalue weighted by Crippen LogP contribution is -2.43. The van der Waals surface area contributed by atoms with E-state index >= 15 is 0 Å². The first-order valence-corrected chi connectivity index (χ1v) is 13.6. The highest BCUT2D eigenvalue weighted by atomic mass is 79.9. The zero-order valence-corrected chi connectivity index (χ0v) is 22.0. The second kappa shape index (κ2) is 8.80. The predicted octanol–water partition coefficient (Wildman–Crippen LogP) is 8.50. The summed E-state index contributed by atoms with van der Waals surface area (Å²) in [6.07, 6.45) is 6.85. The Hall–Kier alpha value is -2.18. The SMILES string of the molecule is Nc1cc(Br)ccc1Oc1ccc(C2C3CC4CC(C3)CC2C4)c(Oc2ccc(Br)cc2N)c1. The molecule has 3 aromatic rings. The van der Waals surface area contributed by atoms with Gasteiger partial charge in [0.1, 0.15) is 23.0 Å². The quantitative estimate of drug-likeness (QED) is 0.295. The maximum atomic E-state index is 6.51. The standard InChI is InChI=1S/C28H28Br2N2O2/c29-19-1-5-25(23(31)12-19)33-21-3-4-22(27(14-21)34-26-6-2-20(30)13-24(26)32)28-17-8-15-7-16(10-17)11-18(28)9-15/h1-6,12-18,28H,7-11,31-32H2. The first-order valence-electron chi connectivity index (χ1n) is 12.0. The molecule has 0 atom stereocenters. The van der Waals surface area contributed by atoms with Gasteiger partial charge in [-0.15, -0.1) is 0 Å². The van der Waals surface area contributed by atoms with Crippen molar-refractivity contribution in [1.29, 1.82) is 0 Å². The number of nitrogen functional groups attached to an aromatic ring is 2. The summed E-state index contributed by atoms with van der Waals surface area (Å²) in [6, 6.07) is 17.7. The Bertz CT molecular complexity index is 1220. The van der Waals surface area contributed by atoms with Crippen molar-refractivity contribution in [3.8, 4) is 23.0 Å². The van der Waals surface area contributed by atoms with Gasteiger partial charge in [0, 0.05) is 15.0 Å². The first kappa shape index (κ1) is 22.3. The van der Waals surface area contributed by atoms with E-state index in [4.69, 9.17) is 20.9 Å². The van der Waals surface area contributed by atoms with Crippen LogP contribution < -0.4 is 20.9 Å². The number of rotatable bonds is 5. The van der Waals surface area contributed by atoms with Crippen molar-refractivity contribution in [2.75, 3.05) is 11.5 Å². The van der Waals surface area contributed by atoms with Crippen LogP contribution in [-0.2, 0) is 0 Å². The van der Waals surface area contributed by atoms with Crippen molar-refractivity contribution in [3.05, 3.63) is 69.1 Å². The number of nitrogens with two attached hydrogens (primary N) is 2. The van der Waals surface area contributed by atoms with E-state index in [-0.39, 0.29) is 0 Å². The van der Waals surface area contributed by atoms with E-state index < -0.39 is 0 Å². The molecule has 34 heavy (non-hydrogen) atoms. The Labute approximate surface area is 217 Å². The van der Waals surface area contributed by atoms with Crippen LogP contribution in [0.25, 0.3) is 0 Å². The van der Waals surface area contributed by atoms with Crippen molar-refractivity contribution in [2.24, 2.45) is 23.7 Å². The van der Waals surface area contributed by atoms with E-state index in [0.29, 0.717) is 34.5 Å². The maximum Gasteiger partial charge on any atom is 0.150 e. The molecule has 4 N–H and O–H groups in total. The molecule has 0 unspecified atom stereocenters. The zero-order valence-electron chi connectivity index (χ0n) is 18.8. The lowest BCUT2D eigenvalue weighted by Gasteiger charge is -2.54. The minimum absolute atomic E-state index is 0.534. The van der Waals surface area contributed by atoms with Crippen molar-refractivity contribution >= 4 is 43.2 Å². The first-order chi connectivity index (χ1) is 16.4. The average molecular weight is 584 g/mol. The van der Waals surface area contributed by atoms with Gasteiger partial charge in [0.2, 0.25) is 0 Å². The predicted molar refractivity (Wildman–Crippen MR) is 143 cm³/mol. The summed E-state index contributed by atoms with van der Waals surface area (Å²) in [5, 5.41) is 0. The Morgan fingerprint density at radius 1 is 0.618 bits per heavy atom. The Kier molecular flexibility index (Phi) is 5.77. The molecule has 4 bridgehead atoms. The third-order valence-electron chi connectivity index (χ3n) is 7.96. The highest BCUT2D eigenvalue weighted by Crippen LogP contribution is 2.61. The fourth-order valence-electron chi connectivity index (χ4n) is 6.84. The Balaban J connectivity index is 1.38. The van der Waals surface area contributed by atoms with Crippen LogP contribution in [0.5, 0.6) is 23.0 Å². The molecule has 4 nitrogen and oxygen atoms in total. The zero-order chi connectivity index (χ0) is 23.4. The highest BCUT2D eigenvalue weighted by molar-refractivity contribution is 9.10. The molecule has 4 aliphatic carbocycles. The van der Waals surface area contributed by atoms with E-state index in [1.54, 1.807) is 0 Å². The van der Waals surface area contributed by atoms with Crippen molar-refractivity contribution in [1.82, 2.24) is 0 Å². The largest absolute Gasteiger partial charge is 0.455 e. The van der Waals surface area contributed by atoms with Gasteiger partial charge < -0.3 is 20.9 Å². The van der Waals surface area contributed by atoms with Gasteiger partial charge in [0.25, 0.3) is 0 Å². The van der Waals surface area contributed by atoms with Crippen molar-refractivity contribution in [3.63, 3.8) is 0 Å². The van der Waals surface area contributed by atoms with E-state index in [1.165, 1.54) is 37.7 Å². The van der Waals surface area contributed by atoms with Gasteiger partial charge in [-0.3, -0.25) is 0 Å². The number of hydrogen-bond acceptors (Lipinski definition) is 4. The van der Waals surface area contributed by atoms with E-state index in [1.807, 2.05) is 42.5 Å². The van der Waals surface area contributed by atoms with E-state index in [0.717, 1.165) is 38.4 Å².